The van der Waals surface area contributed by atoms with Crippen molar-refractivity contribution in [1.29, 1.82) is 0 Å². The normalized spacial score (nSPS) is 18.6. The van der Waals surface area contributed by atoms with Crippen LogP contribution < -0.4 is 0 Å². The van der Waals surface area contributed by atoms with Crippen molar-refractivity contribution in [3.63, 3.8) is 0 Å². The zero-order chi connectivity index (χ0) is 20.6. The fourth-order valence-electron chi connectivity index (χ4n) is 3.69. The molecule has 1 amide bonds. The van der Waals surface area contributed by atoms with Crippen LogP contribution in [0.2, 0.25) is 0 Å². The number of esters is 1. The van der Waals surface area contributed by atoms with Gasteiger partial charge in [-0.05, 0) is 42.0 Å². The Morgan fingerprint density at radius 3 is 2.52 bits per heavy atom. The molecule has 5 nitrogen and oxygen atoms in total. The van der Waals surface area contributed by atoms with E-state index >= 15 is 0 Å². The molecule has 1 aliphatic heterocycles. The Kier molecular flexibility index (Phi) is 6.91. The maximum Gasteiger partial charge on any atom is 0.410 e. The van der Waals surface area contributed by atoms with E-state index in [-0.39, 0.29) is 24.7 Å². The molecular weight excluding hydrogens is 366 g/mol. The highest BCUT2D eigenvalue weighted by Gasteiger charge is 2.33. The largest absolute Gasteiger partial charge is 0.465 e. The Hall–Kier alpha value is -3.26. The van der Waals surface area contributed by atoms with Gasteiger partial charge in [-0.3, -0.25) is 0 Å². The highest BCUT2D eigenvalue weighted by atomic mass is 16.6. The molecule has 0 radical (unpaired) electrons. The van der Waals surface area contributed by atoms with Crippen molar-refractivity contribution in [3.8, 4) is 12.3 Å². The van der Waals surface area contributed by atoms with Crippen LogP contribution in [0.15, 0.2) is 54.6 Å². The Morgan fingerprint density at radius 2 is 1.86 bits per heavy atom. The lowest BCUT2D eigenvalue weighted by molar-refractivity contribution is 0.0566. The van der Waals surface area contributed by atoms with Crippen LogP contribution in [0.5, 0.6) is 0 Å². The van der Waals surface area contributed by atoms with Gasteiger partial charge in [-0.1, -0.05) is 42.5 Å². The molecule has 0 bridgehead atoms. The molecule has 2 aromatic carbocycles. The summed E-state index contributed by atoms with van der Waals surface area (Å²) in [4.78, 5) is 26.3. The predicted molar refractivity (Wildman–Crippen MR) is 110 cm³/mol. The quantitative estimate of drug-likeness (QED) is 0.553. The number of amides is 1. The molecule has 0 N–H and O–H groups in total. The van der Waals surface area contributed by atoms with Crippen LogP contribution in [0, 0.1) is 18.3 Å². The summed E-state index contributed by atoms with van der Waals surface area (Å²) in [7, 11) is 1.35. The van der Waals surface area contributed by atoms with Crippen molar-refractivity contribution in [2.45, 2.75) is 31.9 Å². The van der Waals surface area contributed by atoms with Gasteiger partial charge in [-0.2, -0.15) is 0 Å². The van der Waals surface area contributed by atoms with E-state index in [0.717, 1.165) is 24.0 Å². The molecule has 150 valence electrons. The van der Waals surface area contributed by atoms with Crippen LogP contribution in [0.25, 0.3) is 0 Å². The summed E-state index contributed by atoms with van der Waals surface area (Å²) in [5.41, 5.74) is 2.38. The number of nitrogens with zero attached hydrogens (tertiary/aromatic N) is 1. The third-order valence-corrected chi connectivity index (χ3v) is 5.27. The summed E-state index contributed by atoms with van der Waals surface area (Å²) in [6.45, 7) is 0.821. The van der Waals surface area contributed by atoms with E-state index < -0.39 is 0 Å². The van der Waals surface area contributed by atoms with Gasteiger partial charge in [0.2, 0.25) is 0 Å². The highest BCUT2D eigenvalue weighted by molar-refractivity contribution is 5.89. The zero-order valence-electron chi connectivity index (χ0n) is 16.5. The van der Waals surface area contributed by atoms with E-state index in [0.29, 0.717) is 24.4 Å². The minimum absolute atomic E-state index is 0.142. The van der Waals surface area contributed by atoms with Crippen molar-refractivity contribution in [1.82, 2.24) is 4.90 Å². The topological polar surface area (TPSA) is 55.8 Å². The summed E-state index contributed by atoms with van der Waals surface area (Å²) in [5, 5.41) is 0. The fourth-order valence-corrected chi connectivity index (χ4v) is 3.69. The third-order valence-electron chi connectivity index (χ3n) is 5.27. The van der Waals surface area contributed by atoms with Gasteiger partial charge in [0.25, 0.3) is 0 Å². The molecule has 0 aromatic heterocycles. The van der Waals surface area contributed by atoms with Crippen molar-refractivity contribution in [2.75, 3.05) is 13.7 Å². The average Bonchev–Trinajstić information content (AvgIpc) is 2.78. The van der Waals surface area contributed by atoms with Crippen molar-refractivity contribution in [3.05, 3.63) is 71.3 Å². The van der Waals surface area contributed by atoms with Gasteiger partial charge in [-0.15, -0.1) is 12.3 Å². The summed E-state index contributed by atoms with van der Waals surface area (Å²) in [6, 6.07) is 16.6. The van der Waals surface area contributed by atoms with E-state index in [9.17, 15) is 9.59 Å². The molecule has 29 heavy (non-hydrogen) atoms. The van der Waals surface area contributed by atoms with Gasteiger partial charge >= 0.3 is 12.1 Å². The van der Waals surface area contributed by atoms with Crippen LogP contribution in [-0.2, 0) is 16.1 Å². The molecule has 1 heterocycles. The van der Waals surface area contributed by atoms with Crippen LogP contribution in [-0.4, -0.2) is 30.6 Å². The van der Waals surface area contributed by atoms with E-state index in [1.807, 2.05) is 42.5 Å². The molecule has 0 aliphatic carbocycles. The lowest BCUT2D eigenvalue weighted by Gasteiger charge is -2.38. The number of methoxy groups -OCH3 is 1. The number of likely N-dealkylation sites (tertiary alicyclic amines) is 1. The van der Waals surface area contributed by atoms with E-state index in [1.165, 1.54) is 7.11 Å². The first-order valence-corrected chi connectivity index (χ1v) is 9.71. The minimum Gasteiger partial charge on any atom is -0.465 e. The molecule has 0 saturated carbocycles. The second-order valence-corrected chi connectivity index (χ2v) is 7.16. The van der Waals surface area contributed by atoms with Gasteiger partial charge in [-0.25, -0.2) is 9.59 Å². The van der Waals surface area contributed by atoms with Crippen LogP contribution in [0.1, 0.15) is 46.8 Å². The van der Waals surface area contributed by atoms with Gasteiger partial charge < -0.3 is 14.4 Å². The first-order chi connectivity index (χ1) is 14.1. The first kappa shape index (κ1) is 20.5. The maximum absolute atomic E-state index is 12.8. The molecule has 2 aromatic rings. The molecule has 2 atom stereocenters. The number of terminal acetylenes is 1. The second kappa shape index (κ2) is 9.79. The number of carbonyl (C=O) groups excluding carboxylic acids is 2. The molecule has 3 rings (SSSR count). The summed E-state index contributed by atoms with van der Waals surface area (Å²) < 4.78 is 10.3. The molecular formula is C24H25NO4. The monoisotopic (exact) mass is 391 g/mol. The first-order valence-electron chi connectivity index (χ1n) is 9.71. The Labute approximate surface area is 171 Å². The van der Waals surface area contributed by atoms with Crippen molar-refractivity contribution in [2.24, 2.45) is 5.92 Å². The summed E-state index contributed by atoms with van der Waals surface area (Å²) >= 11 is 0. The predicted octanol–water partition coefficient (Wildman–Crippen LogP) is 4.59. The third kappa shape index (κ3) is 5.17. The summed E-state index contributed by atoms with van der Waals surface area (Å²) in [6.07, 6.45) is 7.47. The molecule has 0 spiro atoms. The Balaban J connectivity index is 1.75. The highest BCUT2D eigenvalue weighted by Crippen LogP contribution is 2.36. The average molecular weight is 391 g/mol. The summed E-state index contributed by atoms with van der Waals surface area (Å²) in [5.74, 6) is 2.70. The van der Waals surface area contributed by atoms with Crippen LogP contribution >= 0.6 is 0 Å². The fraction of sp³-hybridized carbons (Fsp3) is 0.333. The smallest absolute Gasteiger partial charge is 0.410 e. The molecule has 1 saturated heterocycles. The van der Waals surface area contributed by atoms with Crippen LogP contribution in [0.3, 0.4) is 0 Å². The maximum atomic E-state index is 12.8. The van der Waals surface area contributed by atoms with E-state index in [1.54, 1.807) is 17.0 Å². The van der Waals surface area contributed by atoms with Gasteiger partial charge in [0, 0.05) is 13.0 Å². The van der Waals surface area contributed by atoms with Crippen molar-refractivity contribution < 1.29 is 19.1 Å². The molecule has 1 aliphatic rings. The van der Waals surface area contributed by atoms with Crippen molar-refractivity contribution >= 4 is 12.1 Å². The van der Waals surface area contributed by atoms with Gasteiger partial charge in [0.05, 0.1) is 18.7 Å². The molecule has 5 heteroatoms. The number of hydrogen-bond acceptors (Lipinski definition) is 4. The second-order valence-electron chi connectivity index (χ2n) is 7.16. The molecule has 1 fully saturated rings. The standard InChI is InChI=1S/C24H25NO4/c1-3-7-18-14-15-25(24(27)29-17-19-8-5-4-6-9-19)22(16-18)20-10-12-21(13-11-20)23(26)28-2/h1,4-6,8-13,18,22H,7,14-17H2,2H3/t18?,22-/m0/s1. The Morgan fingerprint density at radius 1 is 1.14 bits per heavy atom. The molecule has 1 unspecified atom stereocenters. The number of benzene rings is 2. The van der Waals surface area contributed by atoms with E-state index in [2.05, 4.69) is 5.92 Å². The number of carbonyl (C=O) groups is 2. The Bertz CT molecular complexity index is 870. The number of ether oxygens (including phenoxy) is 2. The zero-order valence-corrected chi connectivity index (χ0v) is 16.5. The van der Waals surface area contributed by atoms with E-state index in [4.69, 9.17) is 15.9 Å². The van der Waals surface area contributed by atoms with Crippen LogP contribution in [0.4, 0.5) is 4.79 Å². The SMILES string of the molecule is C#CCC1CCN(C(=O)OCc2ccccc2)[C@H](c2ccc(C(=O)OC)cc2)C1. The number of rotatable bonds is 5. The number of hydrogen-bond donors (Lipinski definition) is 0. The minimum atomic E-state index is -0.385. The lowest BCUT2D eigenvalue weighted by Crippen LogP contribution is -2.41. The number of piperidine rings is 1. The lowest BCUT2D eigenvalue weighted by atomic mass is 9.85. The van der Waals surface area contributed by atoms with Gasteiger partial charge in [0.15, 0.2) is 0 Å². The van der Waals surface area contributed by atoms with Gasteiger partial charge in [0.1, 0.15) is 6.61 Å².